The molecule has 5 nitrogen and oxygen atoms in total. The lowest BCUT2D eigenvalue weighted by Gasteiger charge is -2.13. The van der Waals surface area contributed by atoms with E-state index in [1.54, 1.807) is 12.1 Å². The zero-order valence-electron chi connectivity index (χ0n) is 10.4. The van der Waals surface area contributed by atoms with Crippen molar-refractivity contribution in [2.24, 2.45) is 10.9 Å². The van der Waals surface area contributed by atoms with Gasteiger partial charge in [-0.1, -0.05) is 11.2 Å². The van der Waals surface area contributed by atoms with Gasteiger partial charge in [0, 0.05) is 4.47 Å². The quantitative estimate of drug-likeness (QED) is 0.278. The highest BCUT2D eigenvalue weighted by Crippen LogP contribution is 2.26. The van der Waals surface area contributed by atoms with E-state index < -0.39 is 0 Å². The number of benzene rings is 1. The lowest BCUT2D eigenvalue weighted by Crippen LogP contribution is -2.17. The second-order valence-corrected chi connectivity index (χ2v) is 4.72. The monoisotopic (exact) mass is 316 g/mol. The Bertz CT molecular complexity index is 422. The van der Waals surface area contributed by atoms with Crippen LogP contribution >= 0.6 is 15.9 Å². The first-order valence-corrected chi connectivity index (χ1v) is 6.36. The number of hydrogen-bond donors (Lipinski definition) is 2. The van der Waals surface area contributed by atoms with Gasteiger partial charge in [0.1, 0.15) is 12.4 Å². The van der Waals surface area contributed by atoms with Crippen molar-refractivity contribution in [1.82, 2.24) is 0 Å². The molecule has 1 aromatic carbocycles. The van der Waals surface area contributed by atoms with Crippen molar-refractivity contribution in [2.45, 2.75) is 20.0 Å². The van der Waals surface area contributed by atoms with Crippen molar-refractivity contribution in [3.8, 4) is 5.75 Å². The molecular weight excluding hydrogens is 300 g/mol. The predicted octanol–water partition coefficient (Wildman–Crippen LogP) is 2.35. The van der Waals surface area contributed by atoms with Crippen LogP contribution < -0.4 is 10.5 Å². The zero-order chi connectivity index (χ0) is 13.5. The fourth-order valence-electron chi connectivity index (χ4n) is 1.36. The topological polar surface area (TPSA) is 77.1 Å². The van der Waals surface area contributed by atoms with E-state index in [4.69, 9.17) is 20.4 Å². The summed E-state index contributed by atoms with van der Waals surface area (Å²) in [5.41, 5.74) is 6.14. The predicted molar refractivity (Wildman–Crippen MR) is 73.2 cm³/mol. The molecular formula is C12H17BrN2O3. The minimum absolute atomic E-state index is 0.00209. The lowest BCUT2D eigenvalue weighted by atomic mass is 10.2. The van der Waals surface area contributed by atoms with E-state index in [1.807, 2.05) is 19.9 Å². The molecule has 6 heteroatoms. The van der Waals surface area contributed by atoms with E-state index in [9.17, 15) is 0 Å². The molecule has 100 valence electrons. The summed E-state index contributed by atoms with van der Waals surface area (Å²) in [5, 5.41) is 11.7. The van der Waals surface area contributed by atoms with Crippen LogP contribution in [0.3, 0.4) is 0 Å². The second-order valence-electron chi connectivity index (χ2n) is 3.87. The standard InChI is InChI=1S/C12H17BrN2O3/c1-8(2)17-6-7-18-10-5-3-4-9(13)11(10)12(14)15-16/h3-5,8,16H,6-7H2,1-2H3,(H2,14,15). The van der Waals surface area contributed by atoms with Gasteiger partial charge in [0.2, 0.25) is 0 Å². The van der Waals surface area contributed by atoms with Crippen molar-refractivity contribution >= 4 is 21.8 Å². The SMILES string of the molecule is CC(C)OCCOc1cccc(Br)c1/C(N)=N/O. The third kappa shape index (κ3) is 4.19. The number of nitrogens with zero attached hydrogens (tertiary/aromatic N) is 1. The maximum Gasteiger partial charge on any atom is 0.174 e. The van der Waals surface area contributed by atoms with Crippen LogP contribution in [0.25, 0.3) is 0 Å². The van der Waals surface area contributed by atoms with Crippen molar-refractivity contribution in [3.63, 3.8) is 0 Å². The summed E-state index contributed by atoms with van der Waals surface area (Å²) in [4.78, 5) is 0. The lowest BCUT2D eigenvalue weighted by molar-refractivity contribution is 0.0552. The number of amidine groups is 1. The van der Waals surface area contributed by atoms with Crippen LogP contribution in [0.2, 0.25) is 0 Å². The van der Waals surface area contributed by atoms with Crippen molar-refractivity contribution < 1.29 is 14.7 Å². The molecule has 18 heavy (non-hydrogen) atoms. The highest BCUT2D eigenvalue weighted by Gasteiger charge is 2.12. The first kappa shape index (κ1) is 14.8. The van der Waals surface area contributed by atoms with Gasteiger partial charge in [-0.25, -0.2) is 0 Å². The van der Waals surface area contributed by atoms with Crippen molar-refractivity contribution in [1.29, 1.82) is 0 Å². The number of oxime groups is 1. The summed E-state index contributed by atoms with van der Waals surface area (Å²) in [6.45, 7) is 4.81. The minimum atomic E-state index is 0.00209. The summed E-state index contributed by atoms with van der Waals surface area (Å²) >= 11 is 3.34. The van der Waals surface area contributed by atoms with E-state index in [0.29, 0.717) is 29.0 Å². The molecule has 0 saturated carbocycles. The molecule has 0 fully saturated rings. The van der Waals surface area contributed by atoms with Crippen molar-refractivity contribution in [2.75, 3.05) is 13.2 Å². The van der Waals surface area contributed by atoms with E-state index in [0.717, 1.165) is 0 Å². The van der Waals surface area contributed by atoms with Gasteiger partial charge >= 0.3 is 0 Å². The normalized spacial score (nSPS) is 11.9. The molecule has 0 spiro atoms. The van der Waals surface area contributed by atoms with E-state index >= 15 is 0 Å². The summed E-state index contributed by atoms with van der Waals surface area (Å²) in [6, 6.07) is 5.37. The Morgan fingerprint density at radius 3 is 2.78 bits per heavy atom. The van der Waals surface area contributed by atoms with Gasteiger partial charge in [0.05, 0.1) is 18.3 Å². The van der Waals surface area contributed by atoms with Crippen LogP contribution in [0.15, 0.2) is 27.8 Å². The van der Waals surface area contributed by atoms with E-state index in [-0.39, 0.29) is 11.9 Å². The molecule has 0 unspecified atom stereocenters. The zero-order valence-corrected chi connectivity index (χ0v) is 12.0. The summed E-state index contributed by atoms with van der Waals surface area (Å²) < 4.78 is 11.6. The summed E-state index contributed by atoms with van der Waals surface area (Å²) in [5.74, 6) is 0.550. The second kappa shape index (κ2) is 7.23. The molecule has 0 bridgehead atoms. The number of rotatable bonds is 6. The molecule has 0 amide bonds. The van der Waals surface area contributed by atoms with Crippen LogP contribution in [0.4, 0.5) is 0 Å². The van der Waals surface area contributed by atoms with Crippen LogP contribution in [0.1, 0.15) is 19.4 Å². The Hall–Kier alpha value is -1.27. The van der Waals surface area contributed by atoms with E-state index in [1.165, 1.54) is 0 Å². The first-order valence-electron chi connectivity index (χ1n) is 5.57. The fraction of sp³-hybridized carbons (Fsp3) is 0.417. The highest BCUT2D eigenvalue weighted by molar-refractivity contribution is 9.10. The van der Waals surface area contributed by atoms with Crippen LogP contribution in [0, 0.1) is 0 Å². The molecule has 0 aliphatic carbocycles. The number of hydrogen-bond acceptors (Lipinski definition) is 4. The van der Waals surface area contributed by atoms with E-state index in [2.05, 4.69) is 21.1 Å². The molecule has 1 aromatic rings. The Kier molecular flexibility index (Phi) is 5.94. The largest absolute Gasteiger partial charge is 0.490 e. The fourth-order valence-corrected chi connectivity index (χ4v) is 1.91. The summed E-state index contributed by atoms with van der Waals surface area (Å²) in [7, 11) is 0. The first-order chi connectivity index (χ1) is 8.56. The minimum Gasteiger partial charge on any atom is -0.490 e. The molecule has 0 aromatic heterocycles. The number of ether oxygens (including phenoxy) is 2. The Morgan fingerprint density at radius 1 is 1.44 bits per heavy atom. The average molecular weight is 317 g/mol. The van der Waals surface area contributed by atoms with Crippen molar-refractivity contribution in [3.05, 3.63) is 28.2 Å². The summed E-state index contributed by atoms with van der Waals surface area (Å²) in [6.07, 6.45) is 0.166. The molecule has 3 N–H and O–H groups in total. The third-order valence-corrected chi connectivity index (χ3v) is 2.79. The Balaban J connectivity index is 2.73. The van der Waals surface area contributed by atoms with Crippen LogP contribution in [-0.4, -0.2) is 30.4 Å². The van der Waals surface area contributed by atoms with Crippen LogP contribution in [0.5, 0.6) is 5.75 Å². The Morgan fingerprint density at radius 2 is 2.17 bits per heavy atom. The average Bonchev–Trinajstić information content (AvgIpc) is 2.33. The van der Waals surface area contributed by atoms with Gasteiger partial charge in [0.25, 0.3) is 0 Å². The van der Waals surface area contributed by atoms with Gasteiger partial charge in [0.15, 0.2) is 5.84 Å². The maximum absolute atomic E-state index is 8.74. The molecule has 0 atom stereocenters. The molecule has 0 aliphatic heterocycles. The van der Waals surface area contributed by atoms with Gasteiger partial charge < -0.3 is 20.4 Å². The van der Waals surface area contributed by atoms with Gasteiger partial charge in [-0.3, -0.25) is 0 Å². The molecule has 1 rings (SSSR count). The molecule has 0 radical (unpaired) electrons. The molecule has 0 saturated heterocycles. The highest BCUT2D eigenvalue weighted by atomic mass is 79.9. The molecule has 0 heterocycles. The maximum atomic E-state index is 8.74. The van der Waals surface area contributed by atoms with Crippen LogP contribution in [-0.2, 0) is 4.74 Å². The number of nitrogens with two attached hydrogens (primary N) is 1. The molecule has 0 aliphatic rings. The Labute approximate surface area is 115 Å². The third-order valence-electron chi connectivity index (χ3n) is 2.13. The van der Waals surface area contributed by atoms with Gasteiger partial charge in [-0.05, 0) is 41.9 Å². The van der Waals surface area contributed by atoms with Gasteiger partial charge in [-0.2, -0.15) is 0 Å². The van der Waals surface area contributed by atoms with Gasteiger partial charge in [-0.15, -0.1) is 0 Å². The smallest absolute Gasteiger partial charge is 0.174 e. The number of halogens is 1.